The van der Waals surface area contributed by atoms with Gasteiger partial charge in [0.2, 0.25) is 0 Å². The lowest BCUT2D eigenvalue weighted by molar-refractivity contribution is 0.442. The molecule has 1 aromatic rings. The zero-order chi connectivity index (χ0) is 12.8. The van der Waals surface area contributed by atoms with Gasteiger partial charge in [-0.2, -0.15) is 0 Å². The van der Waals surface area contributed by atoms with E-state index in [0.29, 0.717) is 0 Å². The smallest absolute Gasteiger partial charge is 0.0962 e. The molecule has 1 aliphatic carbocycles. The third-order valence-corrected chi connectivity index (χ3v) is 5.18. The molecule has 102 valence electrons. The van der Waals surface area contributed by atoms with Gasteiger partial charge in [-0.25, -0.2) is 4.98 Å². The molecule has 0 aliphatic heterocycles. The maximum absolute atomic E-state index is 4.81. The van der Waals surface area contributed by atoms with E-state index in [9.17, 15) is 0 Å². The highest BCUT2D eigenvalue weighted by Gasteiger charge is 2.19. The van der Waals surface area contributed by atoms with Crippen LogP contribution in [0.25, 0.3) is 0 Å². The van der Waals surface area contributed by atoms with Crippen LogP contribution >= 0.6 is 11.3 Å². The molecule has 0 atom stereocenters. The molecule has 1 aliphatic rings. The molecule has 0 spiro atoms. The summed E-state index contributed by atoms with van der Waals surface area (Å²) >= 11 is 1.95. The summed E-state index contributed by atoms with van der Waals surface area (Å²) in [5.41, 5.74) is 1.25. The van der Waals surface area contributed by atoms with Crippen molar-refractivity contribution in [2.45, 2.75) is 71.3 Å². The molecule has 1 aromatic heterocycles. The van der Waals surface area contributed by atoms with Gasteiger partial charge < -0.3 is 5.32 Å². The zero-order valence-corrected chi connectivity index (χ0v) is 12.6. The quantitative estimate of drug-likeness (QED) is 0.772. The molecular weight excluding hydrogens is 240 g/mol. The minimum Gasteiger partial charge on any atom is -0.312 e. The molecule has 0 amide bonds. The summed E-state index contributed by atoms with van der Waals surface area (Å²) in [6, 6.07) is 0. The summed E-state index contributed by atoms with van der Waals surface area (Å²) < 4.78 is 0. The monoisotopic (exact) mass is 266 g/mol. The molecular formula is C15H26N2S. The van der Waals surface area contributed by atoms with Gasteiger partial charge in [-0.15, -0.1) is 11.3 Å². The second kappa shape index (κ2) is 7.25. The highest BCUT2D eigenvalue weighted by Crippen LogP contribution is 2.35. The van der Waals surface area contributed by atoms with Crippen molar-refractivity contribution in [1.82, 2.24) is 10.3 Å². The first-order valence-corrected chi connectivity index (χ1v) is 8.29. The second-order valence-electron chi connectivity index (χ2n) is 5.43. The number of aryl methyl sites for hydroxylation is 1. The minimum absolute atomic E-state index is 0.756. The van der Waals surface area contributed by atoms with Crippen LogP contribution < -0.4 is 5.32 Å². The van der Waals surface area contributed by atoms with E-state index in [4.69, 9.17) is 4.98 Å². The average molecular weight is 266 g/mol. The van der Waals surface area contributed by atoms with Crippen LogP contribution in [0.2, 0.25) is 0 Å². The first-order valence-electron chi connectivity index (χ1n) is 7.48. The summed E-state index contributed by atoms with van der Waals surface area (Å²) in [6.45, 7) is 6.54. The van der Waals surface area contributed by atoms with Gasteiger partial charge in [-0.05, 0) is 32.7 Å². The van der Waals surface area contributed by atoms with Gasteiger partial charge in [0.15, 0.2) is 0 Å². The molecule has 1 heterocycles. The largest absolute Gasteiger partial charge is 0.312 e. The molecule has 0 aromatic carbocycles. The fourth-order valence-electron chi connectivity index (χ4n) is 2.64. The number of nitrogens with zero attached hydrogens (tertiary/aromatic N) is 1. The van der Waals surface area contributed by atoms with Crippen molar-refractivity contribution in [1.29, 1.82) is 0 Å². The number of hydrogen-bond donors (Lipinski definition) is 1. The number of rotatable bonds is 6. The maximum Gasteiger partial charge on any atom is 0.0962 e. The van der Waals surface area contributed by atoms with Crippen LogP contribution in [0.5, 0.6) is 0 Å². The minimum atomic E-state index is 0.756. The van der Waals surface area contributed by atoms with Crippen LogP contribution in [-0.2, 0) is 6.54 Å². The summed E-state index contributed by atoms with van der Waals surface area (Å²) in [6.07, 6.45) is 9.47. The summed E-state index contributed by atoms with van der Waals surface area (Å²) in [7, 11) is 0. The summed E-state index contributed by atoms with van der Waals surface area (Å²) in [5.74, 6) is 0.756. The lowest BCUT2D eigenvalue weighted by Gasteiger charge is -2.18. The van der Waals surface area contributed by atoms with Crippen LogP contribution in [0.15, 0.2) is 0 Å². The standard InChI is InChI=1S/C15H26N2S/c1-3-4-10-16-11-14-12(2)17-15(18-14)13-8-6-5-7-9-13/h13,16H,3-11H2,1-2H3. The lowest BCUT2D eigenvalue weighted by Crippen LogP contribution is -2.14. The molecule has 18 heavy (non-hydrogen) atoms. The van der Waals surface area contributed by atoms with Crippen LogP contribution in [-0.4, -0.2) is 11.5 Å². The molecule has 0 radical (unpaired) electrons. The highest BCUT2D eigenvalue weighted by atomic mass is 32.1. The van der Waals surface area contributed by atoms with Crippen LogP contribution in [0.3, 0.4) is 0 Å². The fraction of sp³-hybridized carbons (Fsp3) is 0.800. The van der Waals surface area contributed by atoms with E-state index in [2.05, 4.69) is 19.2 Å². The molecule has 0 saturated heterocycles. The number of hydrogen-bond acceptors (Lipinski definition) is 3. The van der Waals surface area contributed by atoms with E-state index >= 15 is 0 Å². The highest BCUT2D eigenvalue weighted by molar-refractivity contribution is 7.11. The van der Waals surface area contributed by atoms with E-state index in [-0.39, 0.29) is 0 Å². The molecule has 1 N–H and O–H groups in total. The third kappa shape index (κ3) is 3.79. The lowest BCUT2D eigenvalue weighted by atomic mass is 9.90. The first kappa shape index (κ1) is 14.0. The molecule has 1 saturated carbocycles. The second-order valence-corrected chi connectivity index (χ2v) is 6.54. The Morgan fingerprint density at radius 3 is 2.78 bits per heavy atom. The van der Waals surface area contributed by atoms with Crippen molar-refractivity contribution in [3.63, 3.8) is 0 Å². The van der Waals surface area contributed by atoms with E-state index in [0.717, 1.165) is 19.0 Å². The van der Waals surface area contributed by atoms with Crippen molar-refractivity contribution < 1.29 is 0 Å². The van der Waals surface area contributed by atoms with Gasteiger partial charge in [-0.1, -0.05) is 32.6 Å². The number of aromatic nitrogens is 1. The van der Waals surface area contributed by atoms with Crippen molar-refractivity contribution in [3.8, 4) is 0 Å². The van der Waals surface area contributed by atoms with Gasteiger partial charge in [-0.3, -0.25) is 0 Å². The van der Waals surface area contributed by atoms with E-state index in [1.54, 1.807) is 0 Å². The number of unbranched alkanes of at least 4 members (excludes halogenated alkanes) is 1. The van der Waals surface area contributed by atoms with Gasteiger partial charge in [0, 0.05) is 17.3 Å². The topological polar surface area (TPSA) is 24.9 Å². The SMILES string of the molecule is CCCCNCc1sc(C2CCCCC2)nc1C. The average Bonchev–Trinajstić information content (AvgIpc) is 2.77. The molecule has 2 rings (SSSR count). The van der Waals surface area contributed by atoms with E-state index < -0.39 is 0 Å². The zero-order valence-electron chi connectivity index (χ0n) is 11.8. The Bertz CT molecular complexity index is 353. The Morgan fingerprint density at radius 2 is 2.06 bits per heavy atom. The Morgan fingerprint density at radius 1 is 1.28 bits per heavy atom. The van der Waals surface area contributed by atoms with E-state index in [1.807, 2.05) is 11.3 Å². The Balaban J connectivity index is 1.89. The Labute approximate surface area is 115 Å². The van der Waals surface area contributed by atoms with Crippen LogP contribution in [0.1, 0.15) is 73.4 Å². The van der Waals surface area contributed by atoms with Gasteiger partial charge >= 0.3 is 0 Å². The van der Waals surface area contributed by atoms with Crippen molar-refractivity contribution in [2.24, 2.45) is 0 Å². The van der Waals surface area contributed by atoms with Gasteiger partial charge in [0.1, 0.15) is 0 Å². The summed E-state index contributed by atoms with van der Waals surface area (Å²) in [5, 5.41) is 4.93. The molecule has 3 heteroatoms. The van der Waals surface area contributed by atoms with Crippen molar-refractivity contribution in [3.05, 3.63) is 15.6 Å². The predicted octanol–water partition coefficient (Wildman–Crippen LogP) is 4.39. The van der Waals surface area contributed by atoms with Crippen molar-refractivity contribution in [2.75, 3.05) is 6.54 Å². The van der Waals surface area contributed by atoms with Gasteiger partial charge in [0.05, 0.1) is 10.7 Å². The normalized spacial score (nSPS) is 17.2. The third-order valence-electron chi connectivity index (χ3n) is 3.86. The van der Waals surface area contributed by atoms with Crippen LogP contribution in [0, 0.1) is 6.92 Å². The Hall–Kier alpha value is -0.410. The van der Waals surface area contributed by atoms with Crippen LogP contribution in [0.4, 0.5) is 0 Å². The molecule has 0 unspecified atom stereocenters. The van der Waals surface area contributed by atoms with Gasteiger partial charge in [0.25, 0.3) is 0 Å². The molecule has 0 bridgehead atoms. The fourth-order valence-corrected chi connectivity index (χ4v) is 3.85. The predicted molar refractivity (Wildman–Crippen MR) is 79.3 cm³/mol. The maximum atomic E-state index is 4.81. The number of thiazole rings is 1. The molecule has 2 nitrogen and oxygen atoms in total. The Kier molecular flexibility index (Phi) is 5.64. The van der Waals surface area contributed by atoms with Crippen molar-refractivity contribution >= 4 is 11.3 Å². The summed E-state index contributed by atoms with van der Waals surface area (Å²) in [4.78, 5) is 6.26. The number of nitrogens with one attached hydrogen (secondary N) is 1. The van der Waals surface area contributed by atoms with E-state index in [1.165, 1.54) is 60.5 Å². The molecule has 1 fully saturated rings. The first-order chi connectivity index (χ1) is 8.81.